The van der Waals surface area contributed by atoms with Crippen LogP contribution in [0.25, 0.3) is 0 Å². The fourth-order valence-electron chi connectivity index (χ4n) is 3.53. The second-order valence-electron chi connectivity index (χ2n) is 7.89. The van der Waals surface area contributed by atoms with E-state index in [0.29, 0.717) is 39.6 Å². The van der Waals surface area contributed by atoms with Crippen molar-refractivity contribution in [2.24, 2.45) is 5.10 Å². The number of methoxy groups -OCH3 is 2. The van der Waals surface area contributed by atoms with Crippen LogP contribution in [0.1, 0.15) is 24.5 Å². The number of rotatable bonds is 10. The van der Waals surface area contributed by atoms with E-state index >= 15 is 0 Å². The largest absolute Gasteiger partial charge is 0.493 e. The Labute approximate surface area is 218 Å². The summed E-state index contributed by atoms with van der Waals surface area (Å²) in [4.78, 5) is 12.7. The van der Waals surface area contributed by atoms with Gasteiger partial charge in [0.1, 0.15) is 6.54 Å². The summed E-state index contributed by atoms with van der Waals surface area (Å²) in [5.41, 5.74) is 2.02. The molecule has 0 radical (unpaired) electrons. The van der Waals surface area contributed by atoms with E-state index in [1.807, 2.05) is 0 Å². The number of alkyl halides is 3. The van der Waals surface area contributed by atoms with Gasteiger partial charge in [-0.2, -0.15) is 18.3 Å². The van der Waals surface area contributed by atoms with Gasteiger partial charge in [0.15, 0.2) is 11.5 Å². The molecule has 0 aliphatic rings. The molecule has 1 amide bonds. The number of nitrogens with one attached hydrogen (secondary N) is 1. The summed E-state index contributed by atoms with van der Waals surface area (Å²) in [5, 5.41) is 4.12. The van der Waals surface area contributed by atoms with Crippen LogP contribution in [0, 0.1) is 0 Å². The van der Waals surface area contributed by atoms with E-state index in [1.165, 1.54) is 44.6 Å². The van der Waals surface area contributed by atoms with Crippen molar-refractivity contribution in [3.8, 4) is 11.5 Å². The highest BCUT2D eigenvalue weighted by atomic mass is 32.2. The van der Waals surface area contributed by atoms with Gasteiger partial charge in [0.2, 0.25) is 0 Å². The molecule has 3 aromatic carbocycles. The van der Waals surface area contributed by atoms with Gasteiger partial charge in [0.25, 0.3) is 15.9 Å². The third-order valence-corrected chi connectivity index (χ3v) is 7.24. The maximum absolute atomic E-state index is 13.4. The van der Waals surface area contributed by atoms with E-state index in [2.05, 4.69) is 10.5 Å². The number of carbonyl (C=O) groups is 1. The number of nitrogens with zero attached hydrogens (tertiary/aromatic N) is 2. The molecule has 38 heavy (non-hydrogen) atoms. The minimum absolute atomic E-state index is 0.187. The van der Waals surface area contributed by atoms with Crippen LogP contribution in [0.15, 0.2) is 82.8 Å². The lowest BCUT2D eigenvalue weighted by atomic mass is 10.1. The van der Waals surface area contributed by atoms with Gasteiger partial charge in [-0.05, 0) is 55.0 Å². The van der Waals surface area contributed by atoms with E-state index in [0.717, 1.165) is 12.1 Å². The van der Waals surface area contributed by atoms with Crippen LogP contribution in [-0.2, 0) is 21.0 Å². The molecule has 0 atom stereocenters. The molecule has 0 saturated heterocycles. The SMILES string of the molecule is CC/C(=N/NC(=O)CN(c1cccc(C(F)(F)F)c1)S(=O)(=O)c1ccccc1)c1ccc(OC)c(OC)c1. The second-order valence-corrected chi connectivity index (χ2v) is 9.75. The van der Waals surface area contributed by atoms with Gasteiger partial charge in [0.05, 0.1) is 36.1 Å². The second kappa shape index (κ2) is 12.0. The molecule has 0 saturated carbocycles. The van der Waals surface area contributed by atoms with E-state index in [9.17, 15) is 26.4 Å². The van der Waals surface area contributed by atoms with Crippen molar-refractivity contribution in [2.45, 2.75) is 24.4 Å². The van der Waals surface area contributed by atoms with Crippen LogP contribution in [0.4, 0.5) is 18.9 Å². The molecule has 0 aliphatic carbocycles. The predicted octanol–water partition coefficient (Wildman–Crippen LogP) is 4.85. The number of carbonyl (C=O) groups excluding carboxylic acids is 1. The molecule has 0 bridgehead atoms. The lowest BCUT2D eigenvalue weighted by molar-refractivity contribution is -0.137. The predicted molar refractivity (Wildman–Crippen MR) is 137 cm³/mol. The Bertz CT molecular complexity index is 1410. The number of benzene rings is 3. The molecular weight excluding hydrogens is 523 g/mol. The number of hydrazone groups is 1. The molecule has 0 aliphatic heterocycles. The zero-order valence-corrected chi connectivity index (χ0v) is 21.6. The number of ether oxygens (including phenoxy) is 2. The molecule has 3 aromatic rings. The molecule has 1 N–H and O–H groups in total. The highest BCUT2D eigenvalue weighted by Crippen LogP contribution is 2.33. The topological polar surface area (TPSA) is 97.3 Å². The van der Waals surface area contributed by atoms with Crippen molar-refractivity contribution in [1.29, 1.82) is 0 Å². The molecular formula is C26H26F3N3O5S. The standard InChI is InChI=1S/C26H26F3N3O5S/c1-4-22(18-13-14-23(36-2)24(15-18)37-3)30-31-25(33)17-32(38(34,35)21-11-6-5-7-12-21)20-10-8-9-19(16-20)26(27,28)29/h5-16H,4,17H2,1-3H3,(H,31,33)/b30-22-. The van der Waals surface area contributed by atoms with Crippen molar-refractivity contribution >= 4 is 27.3 Å². The molecule has 8 nitrogen and oxygen atoms in total. The summed E-state index contributed by atoms with van der Waals surface area (Å²) in [7, 11) is -1.43. The Morgan fingerprint density at radius 1 is 0.947 bits per heavy atom. The van der Waals surface area contributed by atoms with Gasteiger partial charge in [-0.15, -0.1) is 0 Å². The zero-order valence-electron chi connectivity index (χ0n) is 20.8. The first-order valence-electron chi connectivity index (χ1n) is 11.3. The van der Waals surface area contributed by atoms with E-state index < -0.39 is 34.2 Å². The fraction of sp³-hybridized carbons (Fsp3) is 0.231. The summed E-state index contributed by atoms with van der Waals surface area (Å²) in [6.45, 7) is 0.988. The molecule has 0 fully saturated rings. The minimum Gasteiger partial charge on any atom is -0.493 e. The summed E-state index contributed by atoms with van der Waals surface area (Å²) in [5.74, 6) is 0.0917. The highest BCUT2D eigenvalue weighted by Gasteiger charge is 2.33. The summed E-state index contributed by atoms with van der Waals surface area (Å²) in [6.07, 6.45) is -4.31. The Morgan fingerprint density at radius 2 is 1.63 bits per heavy atom. The van der Waals surface area contributed by atoms with Crippen LogP contribution in [0.5, 0.6) is 11.5 Å². The highest BCUT2D eigenvalue weighted by molar-refractivity contribution is 7.92. The number of hydrogen-bond acceptors (Lipinski definition) is 6. The Kier molecular flexibility index (Phi) is 9.00. The van der Waals surface area contributed by atoms with Crippen molar-refractivity contribution in [2.75, 3.05) is 25.1 Å². The normalized spacial score (nSPS) is 12.1. The van der Waals surface area contributed by atoms with Gasteiger partial charge in [-0.25, -0.2) is 13.8 Å². The number of amides is 1. The van der Waals surface area contributed by atoms with Crippen molar-refractivity contribution in [3.63, 3.8) is 0 Å². The molecule has 3 rings (SSSR count). The molecule has 0 unspecified atom stereocenters. The van der Waals surface area contributed by atoms with Crippen molar-refractivity contribution < 1.29 is 35.9 Å². The first-order chi connectivity index (χ1) is 18.0. The van der Waals surface area contributed by atoms with E-state index in [1.54, 1.807) is 31.2 Å². The third-order valence-electron chi connectivity index (χ3n) is 5.45. The van der Waals surface area contributed by atoms with Crippen LogP contribution >= 0.6 is 0 Å². The first-order valence-corrected chi connectivity index (χ1v) is 12.8. The molecule has 12 heteroatoms. The first kappa shape index (κ1) is 28.5. The molecule has 0 aromatic heterocycles. The summed E-state index contributed by atoms with van der Waals surface area (Å²) >= 11 is 0. The zero-order chi connectivity index (χ0) is 27.9. The van der Waals surface area contributed by atoms with Crippen molar-refractivity contribution in [3.05, 3.63) is 83.9 Å². The molecule has 202 valence electrons. The fourth-order valence-corrected chi connectivity index (χ4v) is 4.97. The van der Waals surface area contributed by atoms with Gasteiger partial charge in [0, 0.05) is 5.56 Å². The maximum atomic E-state index is 13.4. The molecule has 0 spiro atoms. The number of hydrogen-bond donors (Lipinski definition) is 1. The van der Waals surface area contributed by atoms with Crippen LogP contribution in [0.2, 0.25) is 0 Å². The average Bonchev–Trinajstić information content (AvgIpc) is 2.91. The summed E-state index contributed by atoms with van der Waals surface area (Å²) < 4.78 is 77.9. The lowest BCUT2D eigenvalue weighted by Gasteiger charge is -2.24. The smallest absolute Gasteiger partial charge is 0.416 e. The van der Waals surface area contributed by atoms with E-state index in [4.69, 9.17) is 9.47 Å². The van der Waals surface area contributed by atoms with Crippen LogP contribution in [-0.4, -0.2) is 40.8 Å². The molecule has 0 heterocycles. The van der Waals surface area contributed by atoms with E-state index in [-0.39, 0.29) is 10.6 Å². The van der Waals surface area contributed by atoms with Crippen LogP contribution in [0.3, 0.4) is 0 Å². The Hall–Kier alpha value is -4.06. The Balaban J connectivity index is 1.94. The quantitative estimate of drug-likeness (QED) is 0.288. The van der Waals surface area contributed by atoms with Crippen molar-refractivity contribution in [1.82, 2.24) is 5.43 Å². The number of sulfonamides is 1. The Morgan fingerprint density at radius 3 is 2.24 bits per heavy atom. The van der Waals surface area contributed by atoms with Crippen LogP contribution < -0.4 is 19.2 Å². The van der Waals surface area contributed by atoms with Gasteiger partial charge in [-0.1, -0.05) is 31.2 Å². The maximum Gasteiger partial charge on any atom is 0.416 e. The van der Waals surface area contributed by atoms with Gasteiger partial charge >= 0.3 is 6.18 Å². The summed E-state index contributed by atoms with van der Waals surface area (Å²) in [6, 6.07) is 15.9. The number of halogens is 3. The monoisotopic (exact) mass is 549 g/mol. The minimum atomic E-state index is -4.71. The lowest BCUT2D eigenvalue weighted by Crippen LogP contribution is -2.40. The van der Waals surface area contributed by atoms with Gasteiger partial charge in [-0.3, -0.25) is 9.10 Å². The average molecular weight is 550 g/mol. The number of anilines is 1. The van der Waals surface area contributed by atoms with Gasteiger partial charge < -0.3 is 9.47 Å². The third kappa shape index (κ3) is 6.62.